The highest BCUT2D eigenvalue weighted by Crippen LogP contribution is 2.36. The van der Waals surface area contributed by atoms with Crippen LogP contribution >= 0.6 is 0 Å². The van der Waals surface area contributed by atoms with Gasteiger partial charge >= 0.3 is 0 Å². The summed E-state index contributed by atoms with van der Waals surface area (Å²) in [6.45, 7) is 9.02. The van der Waals surface area contributed by atoms with Gasteiger partial charge in [0.05, 0.1) is 0 Å². The number of piperazine rings is 1. The Morgan fingerprint density at radius 3 is 2.09 bits per heavy atom. The molecule has 4 nitrogen and oxygen atoms in total. The van der Waals surface area contributed by atoms with Crippen molar-refractivity contribution in [2.24, 2.45) is 0 Å². The van der Waals surface area contributed by atoms with Crippen LogP contribution in [0.3, 0.4) is 0 Å². The van der Waals surface area contributed by atoms with Gasteiger partial charge in [-0.25, -0.2) is 0 Å². The zero-order valence-electron chi connectivity index (χ0n) is 20.6. The first-order valence-corrected chi connectivity index (χ1v) is 12.7. The van der Waals surface area contributed by atoms with Crippen LogP contribution in [0.5, 0.6) is 5.75 Å². The highest BCUT2D eigenvalue weighted by atomic mass is 16.3. The minimum Gasteiger partial charge on any atom is -0.508 e. The number of aliphatic hydroxyl groups is 1. The number of hydrogen-bond acceptors (Lipinski definition) is 4. The van der Waals surface area contributed by atoms with Gasteiger partial charge in [0.25, 0.3) is 0 Å². The first-order chi connectivity index (χ1) is 16.6. The zero-order valence-corrected chi connectivity index (χ0v) is 20.6. The number of rotatable bonds is 8. The number of anilines is 1. The van der Waals surface area contributed by atoms with Gasteiger partial charge in [-0.3, -0.25) is 4.90 Å². The smallest absolute Gasteiger partial charge is 0.115 e. The van der Waals surface area contributed by atoms with E-state index in [1.54, 1.807) is 12.1 Å². The Hall–Kier alpha value is -2.82. The van der Waals surface area contributed by atoms with E-state index in [0.29, 0.717) is 6.04 Å². The molecule has 1 aliphatic heterocycles. The molecular formula is C30H38N2O2. The molecule has 0 atom stereocenters. The largest absolute Gasteiger partial charge is 0.508 e. The number of hydrogen-bond donors (Lipinski definition) is 2. The third kappa shape index (κ3) is 5.81. The first-order valence-electron chi connectivity index (χ1n) is 12.7. The lowest BCUT2D eigenvalue weighted by Gasteiger charge is -2.38. The van der Waals surface area contributed by atoms with E-state index in [2.05, 4.69) is 66.1 Å². The number of phenols is 1. The normalized spacial score (nSPS) is 17.6. The summed E-state index contributed by atoms with van der Waals surface area (Å²) in [5, 5.41) is 19.5. The lowest BCUT2D eigenvalue weighted by atomic mass is 9.85. The second kappa shape index (κ2) is 11.5. The molecular weight excluding hydrogens is 420 g/mol. The van der Waals surface area contributed by atoms with Gasteiger partial charge in [-0.1, -0.05) is 42.5 Å². The van der Waals surface area contributed by atoms with Crippen LogP contribution in [0, 0.1) is 0 Å². The Kier molecular flexibility index (Phi) is 8.25. The fourth-order valence-electron chi connectivity index (χ4n) is 4.99. The number of nitrogens with zero attached hydrogens (tertiary/aromatic N) is 2. The monoisotopic (exact) mass is 458 g/mol. The maximum atomic E-state index is 9.89. The predicted octanol–water partition coefficient (Wildman–Crippen LogP) is 5.77. The Labute approximate surface area is 204 Å². The van der Waals surface area contributed by atoms with Crippen molar-refractivity contribution in [1.29, 1.82) is 0 Å². The minimum atomic E-state index is 0.171. The van der Waals surface area contributed by atoms with Crippen molar-refractivity contribution in [2.45, 2.75) is 45.6 Å². The molecule has 2 aromatic carbocycles. The number of aromatic hydroxyl groups is 1. The van der Waals surface area contributed by atoms with E-state index in [9.17, 15) is 10.2 Å². The van der Waals surface area contributed by atoms with Crippen LogP contribution < -0.4 is 4.90 Å². The highest BCUT2D eigenvalue weighted by molar-refractivity contribution is 5.86. The fraction of sp³-hybridized carbons (Fsp3) is 0.400. The topological polar surface area (TPSA) is 46.9 Å². The maximum Gasteiger partial charge on any atom is 0.115 e. The van der Waals surface area contributed by atoms with Crippen molar-refractivity contribution in [3.05, 3.63) is 89.0 Å². The van der Waals surface area contributed by atoms with E-state index in [1.165, 1.54) is 28.0 Å². The van der Waals surface area contributed by atoms with E-state index < -0.39 is 0 Å². The second-order valence-electron chi connectivity index (χ2n) is 9.53. The molecule has 0 amide bonds. The predicted molar refractivity (Wildman–Crippen MR) is 142 cm³/mol. The third-order valence-corrected chi connectivity index (χ3v) is 6.95. The van der Waals surface area contributed by atoms with Crippen molar-refractivity contribution in [2.75, 3.05) is 37.7 Å². The number of allylic oxidation sites excluding steroid dienone is 5. The van der Waals surface area contributed by atoms with Gasteiger partial charge in [-0.05, 0) is 91.6 Å². The second-order valence-corrected chi connectivity index (χ2v) is 9.53. The summed E-state index contributed by atoms with van der Waals surface area (Å²) in [6, 6.07) is 17.1. The summed E-state index contributed by atoms with van der Waals surface area (Å²) in [6.07, 6.45) is 10.4. The van der Waals surface area contributed by atoms with Gasteiger partial charge in [0.2, 0.25) is 0 Å². The Morgan fingerprint density at radius 2 is 1.53 bits per heavy atom. The summed E-state index contributed by atoms with van der Waals surface area (Å²) < 4.78 is 0. The van der Waals surface area contributed by atoms with Crippen molar-refractivity contribution in [3.63, 3.8) is 0 Å². The highest BCUT2D eigenvalue weighted by Gasteiger charge is 2.20. The standard InChI is InChI=1S/C30H38N2O2/c1-23(2)31-18-20-32(21-19-31)27-14-10-25(11-15-27)30(26-12-16-28(34)17-13-26)29(9-6-22-33)24-7-4-3-5-8-24/h4,7-8,10-17,23,33-34H,3,5-6,9,18-22H2,1-2H3/b30-29+. The van der Waals surface area contributed by atoms with E-state index in [1.807, 2.05) is 12.1 Å². The fourth-order valence-corrected chi connectivity index (χ4v) is 4.99. The molecule has 2 aromatic rings. The molecule has 1 saturated heterocycles. The summed E-state index contributed by atoms with van der Waals surface area (Å²) in [5.41, 5.74) is 7.21. The van der Waals surface area contributed by atoms with Gasteiger partial charge in [-0.2, -0.15) is 0 Å². The molecule has 4 rings (SSSR count). The minimum absolute atomic E-state index is 0.171. The van der Waals surface area contributed by atoms with Gasteiger partial charge in [0.1, 0.15) is 5.75 Å². The van der Waals surface area contributed by atoms with Gasteiger partial charge in [0, 0.05) is 44.5 Å². The van der Waals surface area contributed by atoms with Crippen LogP contribution in [0.15, 0.2) is 77.9 Å². The van der Waals surface area contributed by atoms with Crippen LogP contribution in [-0.2, 0) is 0 Å². The molecule has 0 spiro atoms. The number of benzene rings is 2. The lowest BCUT2D eigenvalue weighted by Crippen LogP contribution is -2.48. The molecule has 34 heavy (non-hydrogen) atoms. The molecule has 180 valence electrons. The van der Waals surface area contributed by atoms with Crippen LogP contribution in [0.25, 0.3) is 5.57 Å². The molecule has 2 aliphatic rings. The number of phenolic OH excluding ortho intramolecular Hbond substituents is 1. The van der Waals surface area contributed by atoms with E-state index in [-0.39, 0.29) is 12.4 Å². The average molecular weight is 459 g/mol. The molecule has 1 aliphatic carbocycles. The van der Waals surface area contributed by atoms with E-state index >= 15 is 0 Å². The first kappa shape index (κ1) is 24.3. The van der Waals surface area contributed by atoms with Crippen molar-refractivity contribution in [3.8, 4) is 5.75 Å². The van der Waals surface area contributed by atoms with Crippen LogP contribution in [0.4, 0.5) is 5.69 Å². The molecule has 0 bridgehead atoms. The van der Waals surface area contributed by atoms with Crippen LogP contribution in [0.2, 0.25) is 0 Å². The van der Waals surface area contributed by atoms with Crippen LogP contribution in [-0.4, -0.2) is 53.9 Å². The van der Waals surface area contributed by atoms with Crippen molar-refractivity contribution < 1.29 is 10.2 Å². The molecule has 0 aromatic heterocycles. The number of aliphatic hydroxyl groups excluding tert-OH is 1. The van der Waals surface area contributed by atoms with Crippen LogP contribution in [0.1, 0.15) is 50.7 Å². The van der Waals surface area contributed by atoms with Gasteiger partial charge < -0.3 is 15.1 Å². The summed E-state index contributed by atoms with van der Waals surface area (Å²) in [7, 11) is 0. The lowest BCUT2D eigenvalue weighted by molar-refractivity contribution is 0.209. The summed E-state index contributed by atoms with van der Waals surface area (Å²) in [4.78, 5) is 5.01. The Bertz CT molecular complexity index is 1020. The molecule has 0 radical (unpaired) electrons. The summed E-state index contributed by atoms with van der Waals surface area (Å²) >= 11 is 0. The van der Waals surface area contributed by atoms with Gasteiger partial charge in [0.15, 0.2) is 0 Å². The molecule has 2 N–H and O–H groups in total. The zero-order chi connectivity index (χ0) is 23.9. The van der Waals surface area contributed by atoms with E-state index in [0.717, 1.165) is 57.4 Å². The maximum absolute atomic E-state index is 9.89. The SMILES string of the molecule is CC(C)N1CCN(c2ccc(/C(=C(/CCCO)C3=CCCC=C3)c3ccc(O)cc3)cc2)CC1. The molecule has 0 unspecified atom stereocenters. The molecule has 4 heteroatoms. The average Bonchev–Trinajstić information content (AvgIpc) is 2.88. The molecule has 1 heterocycles. The Balaban J connectivity index is 1.70. The van der Waals surface area contributed by atoms with Crippen molar-refractivity contribution >= 4 is 11.3 Å². The third-order valence-electron chi connectivity index (χ3n) is 6.95. The molecule has 0 saturated carbocycles. The molecule has 1 fully saturated rings. The summed E-state index contributed by atoms with van der Waals surface area (Å²) in [5.74, 6) is 0.271. The van der Waals surface area contributed by atoms with Gasteiger partial charge in [-0.15, -0.1) is 0 Å². The Morgan fingerprint density at radius 1 is 0.882 bits per heavy atom. The van der Waals surface area contributed by atoms with Crippen molar-refractivity contribution in [1.82, 2.24) is 4.90 Å². The van der Waals surface area contributed by atoms with E-state index in [4.69, 9.17) is 0 Å². The quantitative estimate of drug-likeness (QED) is 0.527.